The van der Waals surface area contributed by atoms with Crippen molar-refractivity contribution >= 4 is 63.3 Å². The van der Waals surface area contributed by atoms with Gasteiger partial charge in [-0.25, -0.2) is 9.37 Å². The minimum Gasteiger partial charge on any atom is -0.490 e. The maximum Gasteiger partial charge on any atom is 0.259 e. The van der Waals surface area contributed by atoms with Crippen LogP contribution in [-0.4, -0.2) is 41.7 Å². The van der Waals surface area contributed by atoms with Gasteiger partial charge in [-0.05, 0) is 41.5 Å². The van der Waals surface area contributed by atoms with Crippen LogP contribution in [0.2, 0.25) is 15.1 Å². The smallest absolute Gasteiger partial charge is 0.259 e. The summed E-state index contributed by atoms with van der Waals surface area (Å²) in [4.78, 5) is 30.5. The number of amides is 2. The summed E-state index contributed by atoms with van der Waals surface area (Å²) in [5.41, 5.74) is 2.65. The van der Waals surface area contributed by atoms with Crippen LogP contribution in [0.15, 0.2) is 42.5 Å². The molecule has 0 bridgehead atoms. The molecule has 4 aromatic rings. The van der Waals surface area contributed by atoms with E-state index in [1.54, 1.807) is 31.4 Å². The minimum atomic E-state index is -0.592. The Balaban J connectivity index is 1.68. The number of fused-ring (bicyclic) bond motifs is 1. The molecule has 228 valence electrons. The molecule has 0 saturated carbocycles. The van der Waals surface area contributed by atoms with Crippen LogP contribution in [0.1, 0.15) is 48.1 Å². The van der Waals surface area contributed by atoms with Crippen molar-refractivity contribution in [2.24, 2.45) is 12.5 Å². The molecule has 0 atom stereocenters. The van der Waals surface area contributed by atoms with Crippen molar-refractivity contribution in [2.45, 2.75) is 33.7 Å². The van der Waals surface area contributed by atoms with Crippen molar-refractivity contribution in [2.75, 3.05) is 25.6 Å². The van der Waals surface area contributed by atoms with Crippen LogP contribution in [0.3, 0.4) is 0 Å². The fourth-order valence-electron chi connectivity index (χ4n) is 4.27. The lowest BCUT2D eigenvalue weighted by Crippen LogP contribution is -2.34. The number of methoxy groups -OCH3 is 1. The highest BCUT2D eigenvalue weighted by Crippen LogP contribution is 2.33. The van der Waals surface area contributed by atoms with E-state index in [0.717, 1.165) is 5.56 Å². The van der Waals surface area contributed by atoms with Gasteiger partial charge >= 0.3 is 0 Å². The predicted molar refractivity (Wildman–Crippen MR) is 168 cm³/mol. The summed E-state index contributed by atoms with van der Waals surface area (Å²) >= 11 is 19.2. The third-order valence-electron chi connectivity index (χ3n) is 6.76. The fraction of sp³-hybridized carbons (Fsp3) is 0.323. The zero-order chi connectivity index (χ0) is 31.5. The summed E-state index contributed by atoms with van der Waals surface area (Å²) in [6.07, 6.45) is 0.291. The number of imidazole rings is 1. The largest absolute Gasteiger partial charge is 0.490 e. The molecular weight excluding hydrogens is 618 g/mol. The van der Waals surface area contributed by atoms with Gasteiger partial charge in [0.1, 0.15) is 24.0 Å². The van der Waals surface area contributed by atoms with Gasteiger partial charge < -0.3 is 24.7 Å². The van der Waals surface area contributed by atoms with Crippen LogP contribution in [0.5, 0.6) is 5.75 Å². The zero-order valence-corrected chi connectivity index (χ0v) is 26.7. The van der Waals surface area contributed by atoms with Crippen LogP contribution in [0.25, 0.3) is 11.0 Å². The standard InChI is InChI=1S/C31H32Cl3FN4O4/c1-31(2,3)30(41)36-16-17-6-8-21(32)19(28(17)34)14-27-38-24-13-20(26(43-11-10-42-5)15-25(24)39(27)4)29(40)37-18-7-9-23(35)22(33)12-18/h6-9,12-13,15H,10-11,14,16H2,1-5H3,(H,36,41)(H,37,40). The van der Waals surface area contributed by atoms with E-state index in [-0.39, 0.29) is 29.6 Å². The Morgan fingerprint density at radius 3 is 2.44 bits per heavy atom. The number of carbonyl (C=O) groups excluding carboxylic acids is 2. The molecule has 2 N–H and O–H groups in total. The molecule has 1 aromatic heterocycles. The highest BCUT2D eigenvalue weighted by molar-refractivity contribution is 6.36. The topological polar surface area (TPSA) is 94.5 Å². The Morgan fingerprint density at radius 1 is 1.02 bits per heavy atom. The lowest BCUT2D eigenvalue weighted by atomic mass is 9.95. The number of carbonyl (C=O) groups is 2. The summed E-state index contributed by atoms with van der Waals surface area (Å²) in [7, 11) is 3.40. The first-order chi connectivity index (χ1) is 20.3. The molecule has 0 saturated heterocycles. The van der Waals surface area contributed by atoms with Crippen molar-refractivity contribution < 1.29 is 23.5 Å². The zero-order valence-electron chi connectivity index (χ0n) is 24.4. The number of halogens is 4. The number of rotatable bonds is 10. The molecule has 43 heavy (non-hydrogen) atoms. The second kappa shape index (κ2) is 13.5. The molecule has 0 unspecified atom stereocenters. The molecule has 0 aliphatic heterocycles. The molecule has 8 nitrogen and oxygen atoms in total. The molecule has 0 radical (unpaired) electrons. The van der Waals surface area contributed by atoms with Crippen molar-refractivity contribution in [3.8, 4) is 5.75 Å². The molecule has 0 spiro atoms. The number of ether oxygens (including phenoxy) is 2. The van der Waals surface area contributed by atoms with E-state index < -0.39 is 17.1 Å². The van der Waals surface area contributed by atoms with E-state index in [4.69, 9.17) is 49.3 Å². The molecule has 0 aliphatic carbocycles. The van der Waals surface area contributed by atoms with Crippen LogP contribution in [0, 0.1) is 11.2 Å². The fourth-order valence-corrected chi connectivity index (χ4v) is 5.03. The van der Waals surface area contributed by atoms with Gasteiger partial charge in [0, 0.05) is 49.3 Å². The summed E-state index contributed by atoms with van der Waals surface area (Å²) < 4.78 is 26.5. The SMILES string of the molecule is COCCOc1cc2c(cc1C(=O)Nc1ccc(F)c(Cl)c1)nc(Cc1c(Cl)ccc(CNC(=O)C(C)(C)C)c1Cl)n2C. The second-order valence-corrected chi connectivity index (χ2v) is 12.1. The summed E-state index contributed by atoms with van der Waals surface area (Å²) in [6.45, 7) is 6.28. The van der Waals surface area contributed by atoms with Crippen LogP contribution < -0.4 is 15.4 Å². The van der Waals surface area contributed by atoms with Crippen LogP contribution in [-0.2, 0) is 29.5 Å². The molecule has 1 heterocycles. The summed E-state index contributed by atoms with van der Waals surface area (Å²) in [5, 5.41) is 6.44. The molecule has 3 aromatic carbocycles. The van der Waals surface area contributed by atoms with Gasteiger partial charge in [-0.3, -0.25) is 9.59 Å². The number of nitrogens with one attached hydrogen (secondary N) is 2. The normalized spacial score (nSPS) is 11.6. The van der Waals surface area contributed by atoms with Gasteiger partial charge in [0.15, 0.2) is 0 Å². The maximum absolute atomic E-state index is 13.6. The lowest BCUT2D eigenvalue weighted by Gasteiger charge is -2.18. The Hall–Kier alpha value is -3.37. The quantitative estimate of drug-likeness (QED) is 0.177. The number of hydrogen-bond donors (Lipinski definition) is 2. The van der Waals surface area contributed by atoms with Crippen molar-refractivity contribution in [1.29, 1.82) is 0 Å². The average Bonchev–Trinajstić information content (AvgIpc) is 3.25. The summed E-state index contributed by atoms with van der Waals surface area (Å²) in [5.74, 6) is -0.217. The van der Waals surface area contributed by atoms with E-state index in [1.165, 1.54) is 18.2 Å². The summed E-state index contributed by atoms with van der Waals surface area (Å²) in [6, 6.07) is 10.8. The Labute approximate surface area is 264 Å². The number of aromatic nitrogens is 2. The number of benzene rings is 3. The van der Waals surface area contributed by atoms with Gasteiger partial charge in [-0.15, -0.1) is 0 Å². The molecule has 0 fully saturated rings. The van der Waals surface area contributed by atoms with E-state index in [2.05, 4.69) is 10.6 Å². The van der Waals surface area contributed by atoms with Crippen molar-refractivity contribution in [3.05, 3.63) is 85.9 Å². The maximum atomic E-state index is 13.6. The number of aryl methyl sites for hydroxylation is 1. The van der Waals surface area contributed by atoms with E-state index >= 15 is 0 Å². The molecule has 4 rings (SSSR count). The first-order valence-electron chi connectivity index (χ1n) is 13.4. The van der Waals surface area contributed by atoms with Gasteiger partial charge in [-0.1, -0.05) is 61.6 Å². The molecule has 12 heteroatoms. The van der Waals surface area contributed by atoms with Crippen LogP contribution in [0.4, 0.5) is 10.1 Å². The highest BCUT2D eigenvalue weighted by Gasteiger charge is 2.23. The van der Waals surface area contributed by atoms with Gasteiger partial charge in [0.2, 0.25) is 5.91 Å². The van der Waals surface area contributed by atoms with E-state index in [1.807, 2.05) is 32.4 Å². The third kappa shape index (κ3) is 7.59. The minimum absolute atomic E-state index is 0.0960. The molecule has 2 amide bonds. The van der Waals surface area contributed by atoms with Gasteiger partial charge in [0.05, 0.1) is 33.2 Å². The highest BCUT2D eigenvalue weighted by atomic mass is 35.5. The van der Waals surface area contributed by atoms with Crippen molar-refractivity contribution in [3.63, 3.8) is 0 Å². The van der Waals surface area contributed by atoms with Gasteiger partial charge in [0.25, 0.3) is 5.91 Å². The number of hydrogen-bond acceptors (Lipinski definition) is 5. The lowest BCUT2D eigenvalue weighted by molar-refractivity contribution is -0.128. The van der Waals surface area contributed by atoms with E-state index in [9.17, 15) is 14.0 Å². The Morgan fingerprint density at radius 2 is 1.77 bits per heavy atom. The number of nitrogens with zero attached hydrogens (tertiary/aromatic N) is 2. The second-order valence-electron chi connectivity index (χ2n) is 11.0. The average molecular weight is 650 g/mol. The number of anilines is 1. The molecular formula is C31H32Cl3FN4O4. The van der Waals surface area contributed by atoms with Crippen molar-refractivity contribution in [1.82, 2.24) is 14.9 Å². The first-order valence-corrected chi connectivity index (χ1v) is 14.5. The third-order valence-corrected chi connectivity index (χ3v) is 7.88. The predicted octanol–water partition coefficient (Wildman–Crippen LogP) is 7.20. The first kappa shape index (κ1) is 32.5. The Kier molecular flexibility index (Phi) is 10.2. The molecule has 0 aliphatic rings. The van der Waals surface area contributed by atoms with Gasteiger partial charge in [-0.2, -0.15) is 0 Å². The van der Waals surface area contributed by atoms with Crippen LogP contribution >= 0.6 is 34.8 Å². The van der Waals surface area contributed by atoms with E-state index in [0.29, 0.717) is 56.9 Å². The monoisotopic (exact) mass is 648 g/mol. The Bertz CT molecular complexity index is 1680.